The first kappa shape index (κ1) is 25.6. The molecule has 0 aliphatic heterocycles. The van der Waals surface area contributed by atoms with E-state index in [1.807, 2.05) is 60.7 Å². The number of primary amides is 1. The maximum atomic E-state index is 14.2. The second kappa shape index (κ2) is 11.9. The molecule has 6 N–H and O–H groups in total. The first-order valence-electron chi connectivity index (χ1n) is 11.0. The van der Waals surface area contributed by atoms with Crippen LogP contribution in [-0.4, -0.2) is 29.3 Å². The van der Waals surface area contributed by atoms with Crippen LogP contribution in [0.25, 0.3) is 0 Å². The number of nitrogens with two attached hydrogens (primary N) is 3. The highest BCUT2D eigenvalue weighted by atomic mass is 35.5. The fraction of sp³-hybridized carbons (Fsp3) is 0.231. The molecule has 178 valence electrons. The van der Waals surface area contributed by atoms with E-state index in [1.54, 1.807) is 12.1 Å². The lowest BCUT2D eigenvalue weighted by atomic mass is 9.89. The Bertz CT molecular complexity index is 1060. The van der Waals surface area contributed by atoms with Crippen molar-refractivity contribution in [2.24, 2.45) is 11.5 Å². The summed E-state index contributed by atoms with van der Waals surface area (Å²) in [5, 5.41) is 0.547. The van der Waals surface area contributed by atoms with Gasteiger partial charge in [-0.3, -0.25) is 9.59 Å². The van der Waals surface area contributed by atoms with Gasteiger partial charge in [0.25, 0.3) is 0 Å². The molecule has 6 nitrogen and oxygen atoms in total. The minimum atomic E-state index is -0.860. The molecule has 3 aromatic rings. The largest absolute Gasteiger partial charge is 0.396 e. The Morgan fingerprint density at radius 2 is 1.38 bits per heavy atom. The summed E-state index contributed by atoms with van der Waals surface area (Å²) >= 11 is 12.5. The van der Waals surface area contributed by atoms with Crippen molar-refractivity contribution in [2.75, 3.05) is 12.3 Å². The molecular formula is C26H28Cl2N4O2. The molecule has 0 spiro atoms. The van der Waals surface area contributed by atoms with Crippen molar-refractivity contribution in [1.29, 1.82) is 0 Å². The Hall–Kier alpha value is -3.06. The molecule has 0 unspecified atom stereocenters. The Balaban J connectivity index is 2.10. The molecule has 0 aromatic heterocycles. The molecule has 0 radical (unpaired) electrons. The summed E-state index contributed by atoms with van der Waals surface area (Å²) < 4.78 is 0. The van der Waals surface area contributed by atoms with E-state index in [0.29, 0.717) is 24.9 Å². The van der Waals surface area contributed by atoms with Crippen LogP contribution in [0.2, 0.25) is 10.0 Å². The van der Waals surface area contributed by atoms with Gasteiger partial charge < -0.3 is 22.1 Å². The number of amides is 2. The van der Waals surface area contributed by atoms with Crippen molar-refractivity contribution in [2.45, 2.75) is 31.3 Å². The monoisotopic (exact) mass is 498 g/mol. The molecule has 0 heterocycles. The highest BCUT2D eigenvalue weighted by molar-refractivity contribution is 6.38. The number of rotatable bonds is 10. The smallest absolute Gasteiger partial charge is 0.240 e. The number of hydrogen-bond acceptors (Lipinski definition) is 4. The molecule has 0 bridgehead atoms. The van der Waals surface area contributed by atoms with Crippen molar-refractivity contribution in [3.63, 3.8) is 0 Å². The molecule has 34 heavy (non-hydrogen) atoms. The summed E-state index contributed by atoms with van der Waals surface area (Å²) in [7, 11) is 0. The van der Waals surface area contributed by atoms with E-state index in [4.69, 9.17) is 40.4 Å². The number of nitrogens with zero attached hydrogens (tertiary/aromatic N) is 1. The number of hydrogen-bond donors (Lipinski definition) is 3. The van der Waals surface area contributed by atoms with Crippen molar-refractivity contribution >= 4 is 40.7 Å². The summed E-state index contributed by atoms with van der Waals surface area (Å²) in [6, 6.07) is 21.3. The standard InChI is InChI=1S/C26H28Cl2N4O2/c27-20-14-17(15-21(28)24(20)30)16-32(22(25(31)33)12-7-13-29)26(34)23(18-8-3-1-4-9-18)19-10-5-2-6-11-19/h1-6,8-11,14-15,22-23H,7,12-13,16,29-30H2,(H2,31,33)/t22-/m1/s1. The van der Waals surface area contributed by atoms with Gasteiger partial charge in [0.15, 0.2) is 0 Å². The average molecular weight is 499 g/mol. The molecule has 3 aromatic carbocycles. The molecule has 3 rings (SSSR count). The lowest BCUT2D eigenvalue weighted by Gasteiger charge is -2.33. The molecular weight excluding hydrogens is 471 g/mol. The van der Waals surface area contributed by atoms with Gasteiger partial charge in [0.1, 0.15) is 6.04 Å². The van der Waals surface area contributed by atoms with E-state index in [0.717, 1.165) is 11.1 Å². The molecule has 1 atom stereocenters. The minimum Gasteiger partial charge on any atom is -0.396 e. The van der Waals surface area contributed by atoms with E-state index in [1.165, 1.54) is 4.90 Å². The number of carbonyl (C=O) groups is 2. The molecule has 8 heteroatoms. The maximum Gasteiger partial charge on any atom is 0.240 e. The van der Waals surface area contributed by atoms with Crippen LogP contribution in [-0.2, 0) is 16.1 Å². The Morgan fingerprint density at radius 1 is 0.882 bits per heavy atom. The van der Waals surface area contributed by atoms with Crippen molar-refractivity contribution in [3.8, 4) is 0 Å². The number of carbonyl (C=O) groups excluding carboxylic acids is 2. The minimum absolute atomic E-state index is 0.0763. The first-order valence-corrected chi connectivity index (χ1v) is 11.7. The zero-order valence-corrected chi connectivity index (χ0v) is 20.2. The second-order valence-electron chi connectivity index (χ2n) is 8.04. The zero-order valence-electron chi connectivity index (χ0n) is 18.7. The lowest BCUT2D eigenvalue weighted by molar-refractivity contribution is -0.141. The third-order valence-electron chi connectivity index (χ3n) is 5.67. The number of benzene rings is 3. The quantitative estimate of drug-likeness (QED) is 0.360. The summed E-state index contributed by atoms with van der Waals surface area (Å²) in [6.07, 6.45) is 0.867. The second-order valence-corrected chi connectivity index (χ2v) is 8.86. The summed E-state index contributed by atoms with van der Waals surface area (Å²) in [5.74, 6) is -1.50. The average Bonchev–Trinajstić information content (AvgIpc) is 2.83. The van der Waals surface area contributed by atoms with E-state index in [9.17, 15) is 9.59 Å². The predicted octanol–water partition coefficient (Wildman–Crippen LogP) is 4.33. The predicted molar refractivity (Wildman–Crippen MR) is 137 cm³/mol. The molecule has 0 saturated heterocycles. The van der Waals surface area contributed by atoms with Gasteiger partial charge in [-0.25, -0.2) is 0 Å². The molecule has 0 aliphatic carbocycles. The fourth-order valence-corrected chi connectivity index (χ4v) is 4.50. The maximum absolute atomic E-state index is 14.2. The van der Waals surface area contributed by atoms with Gasteiger partial charge in [-0.05, 0) is 48.2 Å². The van der Waals surface area contributed by atoms with Crippen LogP contribution in [0.15, 0.2) is 72.8 Å². The van der Waals surface area contributed by atoms with Crippen LogP contribution in [0.4, 0.5) is 5.69 Å². The highest BCUT2D eigenvalue weighted by Gasteiger charge is 2.34. The van der Waals surface area contributed by atoms with Crippen molar-refractivity contribution in [1.82, 2.24) is 4.90 Å². The third-order valence-corrected chi connectivity index (χ3v) is 6.30. The van der Waals surface area contributed by atoms with E-state index in [-0.39, 0.29) is 28.2 Å². The van der Waals surface area contributed by atoms with E-state index in [2.05, 4.69) is 0 Å². The Kier molecular flexibility index (Phi) is 8.93. The van der Waals surface area contributed by atoms with Gasteiger partial charge in [-0.2, -0.15) is 0 Å². The van der Waals surface area contributed by atoms with Crippen molar-refractivity contribution < 1.29 is 9.59 Å². The van der Waals surface area contributed by atoms with Gasteiger partial charge in [-0.1, -0.05) is 83.9 Å². The SMILES string of the molecule is NCCC[C@H](C(N)=O)N(Cc1cc(Cl)c(N)c(Cl)c1)C(=O)C(c1ccccc1)c1ccccc1. The lowest BCUT2D eigenvalue weighted by Crippen LogP contribution is -2.49. The van der Waals surface area contributed by atoms with Gasteiger partial charge >= 0.3 is 0 Å². The Labute approximate surface area is 209 Å². The van der Waals surface area contributed by atoms with Crippen LogP contribution in [0, 0.1) is 0 Å². The highest BCUT2D eigenvalue weighted by Crippen LogP contribution is 2.32. The van der Waals surface area contributed by atoms with E-state index < -0.39 is 17.9 Å². The van der Waals surface area contributed by atoms with Crippen LogP contribution >= 0.6 is 23.2 Å². The van der Waals surface area contributed by atoms with Gasteiger partial charge in [0.2, 0.25) is 11.8 Å². The Morgan fingerprint density at radius 3 is 1.82 bits per heavy atom. The normalized spacial score (nSPS) is 11.9. The fourth-order valence-electron chi connectivity index (χ4n) is 3.96. The van der Waals surface area contributed by atoms with Crippen LogP contribution in [0.5, 0.6) is 0 Å². The van der Waals surface area contributed by atoms with Crippen LogP contribution in [0.3, 0.4) is 0 Å². The topological polar surface area (TPSA) is 115 Å². The molecule has 2 amide bonds. The van der Waals surface area contributed by atoms with Crippen molar-refractivity contribution in [3.05, 3.63) is 99.5 Å². The number of nitrogen functional groups attached to an aromatic ring is 1. The summed E-state index contributed by atoms with van der Waals surface area (Å²) in [6.45, 7) is 0.443. The summed E-state index contributed by atoms with van der Waals surface area (Å²) in [5.41, 5.74) is 19.9. The van der Waals surface area contributed by atoms with Gasteiger partial charge in [-0.15, -0.1) is 0 Å². The molecule has 0 saturated carbocycles. The molecule has 0 aliphatic rings. The zero-order chi connectivity index (χ0) is 24.7. The van der Waals surface area contributed by atoms with E-state index >= 15 is 0 Å². The van der Waals surface area contributed by atoms with Crippen LogP contribution < -0.4 is 17.2 Å². The van der Waals surface area contributed by atoms with Gasteiger partial charge in [0, 0.05) is 6.54 Å². The first-order chi connectivity index (χ1) is 16.3. The van der Waals surface area contributed by atoms with Crippen LogP contribution in [0.1, 0.15) is 35.4 Å². The molecule has 0 fully saturated rings. The summed E-state index contributed by atoms with van der Waals surface area (Å²) in [4.78, 5) is 28.2. The third kappa shape index (κ3) is 6.08. The van der Waals surface area contributed by atoms with Gasteiger partial charge in [0.05, 0.1) is 21.7 Å². The number of halogens is 2. The number of anilines is 1.